The molecule has 0 amide bonds. The van der Waals surface area contributed by atoms with Crippen LogP contribution >= 0.6 is 0 Å². The zero-order valence-electron chi connectivity index (χ0n) is 10.8. The predicted octanol–water partition coefficient (Wildman–Crippen LogP) is 3.36. The van der Waals surface area contributed by atoms with E-state index in [9.17, 15) is 19.6 Å². The first-order chi connectivity index (χ1) is 9.47. The summed E-state index contributed by atoms with van der Waals surface area (Å²) < 4.78 is 13.1. The number of nitro groups is 1. The van der Waals surface area contributed by atoms with Crippen LogP contribution in [0.3, 0.4) is 0 Å². The largest absolute Gasteiger partial charge is 0.508 e. The molecule has 0 aliphatic carbocycles. The number of anilines is 1. The first-order valence-electron chi connectivity index (χ1n) is 5.93. The fourth-order valence-corrected chi connectivity index (χ4v) is 1.80. The van der Waals surface area contributed by atoms with E-state index in [4.69, 9.17) is 0 Å². The second-order valence-corrected chi connectivity index (χ2v) is 4.38. The molecule has 20 heavy (non-hydrogen) atoms. The fourth-order valence-electron chi connectivity index (χ4n) is 1.80. The Morgan fingerprint density at radius 2 is 2.05 bits per heavy atom. The lowest BCUT2D eigenvalue weighted by atomic mass is 10.1. The molecule has 0 aliphatic rings. The lowest BCUT2D eigenvalue weighted by Crippen LogP contribution is -2.02. The van der Waals surface area contributed by atoms with E-state index in [0.717, 1.165) is 11.6 Å². The third-order valence-corrected chi connectivity index (χ3v) is 2.94. The number of phenols is 1. The molecule has 6 heteroatoms. The van der Waals surface area contributed by atoms with Crippen LogP contribution in [0.5, 0.6) is 5.75 Å². The van der Waals surface area contributed by atoms with Crippen LogP contribution in [-0.2, 0) is 6.54 Å². The molecule has 2 rings (SSSR count). The van der Waals surface area contributed by atoms with Gasteiger partial charge in [0.1, 0.15) is 11.6 Å². The number of nitrogens with zero attached hydrogens (tertiary/aromatic N) is 1. The number of non-ortho nitro benzene ring substituents is 1. The Balaban J connectivity index is 2.20. The molecule has 0 saturated heterocycles. The number of aromatic hydroxyl groups is 1. The molecule has 104 valence electrons. The van der Waals surface area contributed by atoms with Gasteiger partial charge >= 0.3 is 0 Å². The number of aryl methyl sites for hydroxylation is 1. The van der Waals surface area contributed by atoms with Crippen molar-refractivity contribution in [1.29, 1.82) is 0 Å². The van der Waals surface area contributed by atoms with E-state index in [1.165, 1.54) is 24.3 Å². The first-order valence-corrected chi connectivity index (χ1v) is 5.93. The summed E-state index contributed by atoms with van der Waals surface area (Å²) in [5.41, 5.74) is 1.76. The predicted molar refractivity (Wildman–Crippen MR) is 73.2 cm³/mol. The Morgan fingerprint density at radius 3 is 2.75 bits per heavy atom. The SMILES string of the molecule is Cc1ccc([N+](=O)[O-])cc1NCc1cc(F)ccc1O. The minimum Gasteiger partial charge on any atom is -0.508 e. The van der Waals surface area contributed by atoms with Gasteiger partial charge in [0, 0.05) is 29.9 Å². The standard InChI is InChI=1S/C14H13FN2O3/c1-9-2-4-12(17(19)20)7-13(9)16-8-10-6-11(15)3-5-14(10)18/h2-7,16,18H,8H2,1H3. The molecule has 0 unspecified atom stereocenters. The van der Waals surface area contributed by atoms with Crippen molar-refractivity contribution in [2.24, 2.45) is 0 Å². The van der Waals surface area contributed by atoms with Gasteiger partial charge in [-0.25, -0.2) is 4.39 Å². The molecule has 0 saturated carbocycles. The van der Waals surface area contributed by atoms with Gasteiger partial charge < -0.3 is 10.4 Å². The van der Waals surface area contributed by atoms with Crippen LogP contribution in [0.4, 0.5) is 15.8 Å². The molecule has 0 heterocycles. The maximum absolute atomic E-state index is 13.1. The van der Waals surface area contributed by atoms with E-state index >= 15 is 0 Å². The van der Waals surface area contributed by atoms with E-state index in [1.54, 1.807) is 13.0 Å². The van der Waals surface area contributed by atoms with Crippen LogP contribution in [0.15, 0.2) is 36.4 Å². The normalized spacial score (nSPS) is 10.3. The van der Waals surface area contributed by atoms with Crippen molar-refractivity contribution in [2.75, 3.05) is 5.32 Å². The van der Waals surface area contributed by atoms with Gasteiger partial charge in [-0.2, -0.15) is 0 Å². The summed E-state index contributed by atoms with van der Waals surface area (Å²) in [4.78, 5) is 10.2. The van der Waals surface area contributed by atoms with Crippen LogP contribution in [0, 0.1) is 22.9 Å². The Morgan fingerprint density at radius 1 is 1.30 bits per heavy atom. The van der Waals surface area contributed by atoms with Crippen LogP contribution in [0.25, 0.3) is 0 Å². The summed E-state index contributed by atoms with van der Waals surface area (Å²) >= 11 is 0. The van der Waals surface area contributed by atoms with Crippen molar-refractivity contribution in [1.82, 2.24) is 0 Å². The van der Waals surface area contributed by atoms with Crippen molar-refractivity contribution in [3.63, 3.8) is 0 Å². The maximum Gasteiger partial charge on any atom is 0.271 e. The Labute approximate surface area is 114 Å². The van der Waals surface area contributed by atoms with Crippen molar-refractivity contribution >= 4 is 11.4 Å². The third-order valence-electron chi connectivity index (χ3n) is 2.94. The van der Waals surface area contributed by atoms with Gasteiger partial charge in [0.05, 0.1) is 4.92 Å². The Hall–Kier alpha value is -2.63. The summed E-state index contributed by atoms with van der Waals surface area (Å²) in [6, 6.07) is 8.11. The zero-order chi connectivity index (χ0) is 14.7. The minimum atomic E-state index is -0.482. The van der Waals surface area contributed by atoms with E-state index < -0.39 is 10.7 Å². The van der Waals surface area contributed by atoms with Crippen LogP contribution in [0.1, 0.15) is 11.1 Å². The first kappa shape index (κ1) is 13.8. The summed E-state index contributed by atoms with van der Waals surface area (Å²) in [5, 5.41) is 23.3. The van der Waals surface area contributed by atoms with Crippen molar-refractivity contribution < 1.29 is 14.4 Å². The monoisotopic (exact) mass is 276 g/mol. The zero-order valence-corrected chi connectivity index (χ0v) is 10.8. The number of nitro benzene ring substituents is 1. The van der Waals surface area contributed by atoms with Gasteiger partial charge in [0.2, 0.25) is 0 Å². The van der Waals surface area contributed by atoms with Crippen LogP contribution in [-0.4, -0.2) is 10.0 Å². The summed E-state index contributed by atoms with van der Waals surface area (Å²) in [6.45, 7) is 1.98. The van der Waals surface area contributed by atoms with Gasteiger partial charge in [-0.3, -0.25) is 10.1 Å². The lowest BCUT2D eigenvalue weighted by Gasteiger charge is -2.10. The van der Waals surface area contributed by atoms with Crippen LogP contribution < -0.4 is 5.32 Å². The maximum atomic E-state index is 13.1. The fraction of sp³-hybridized carbons (Fsp3) is 0.143. The topological polar surface area (TPSA) is 75.4 Å². The Kier molecular flexibility index (Phi) is 3.84. The molecule has 0 aliphatic heterocycles. The quantitative estimate of drug-likeness (QED) is 0.663. The number of nitrogens with one attached hydrogen (secondary N) is 1. The smallest absolute Gasteiger partial charge is 0.271 e. The number of halogens is 1. The second-order valence-electron chi connectivity index (χ2n) is 4.38. The van der Waals surface area contributed by atoms with Gasteiger partial charge in [-0.05, 0) is 30.7 Å². The highest BCUT2D eigenvalue weighted by molar-refractivity contribution is 5.57. The van der Waals surface area contributed by atoms with E-state index in [2.05, 4.69) is 5.32 Å². The molecule has 5 nitrogen and oxygen atoms in total. The van der Waals surface area contributed by atoms with Crippen molar-refractivity contribution in [2.45, 2.75) is 13.5 Å². The molecule has 2 aromatic rings. The van der Waals surface area contributed by atoms with Gasteiger partial charge in [0.15, 0.2) is 0 Å². The number of rotatable bonds is 4. The van der Waals surface area contributed by atoms with Crippen molar-refractivity contribution in [3.05, 3.63) is 63.5 Å². The average Bonchev–Trinajstić information content (AvgIpc) is 2.41. The number of benzene rings is 2. The number of hydrogen-bond acceptors (Lipinski definition) is 4. The lowest BCUT2D eigenvalue weighted by molar-refractivity contribution is -0.384. The molecule has 0 radical (unpaired) electrons. The van der Waals surface area contributed by atoms with E-state index in [0.29, 0.717) is 11.3 Å². The molecule has 0 atom stereocenters. The molecule has 2 aromatic carbocycles. The number of hydrogen-bond donors (Lipinski definition) is 2. The van der Waals surface area contributed by atoms with E-state index in [1.807, 2.05) is 0 Å². The third kappa shape index (κ3) is 3.03. The average molecular weight is 276 g/mol. The highest BCUT2D eigenvalue weighted by Crippen LogP contribution is 2.24. The summed E-state index contributed by atoms with van der Waals surface area (Å²) in [6.07, 6.45) is 0. The molecular formula is C14H13FN2O3. The molecular weight excluding hydrogens is 263 g/mol. The summed E-state index contributed by atoms with van der Waals surface area (Å²) in [7, 11) is 0. The van der Waals surface area contributed by atoms with E-state index in [-0.39, 0.29) is 18.0 Å². The number of phenolic OH excluding ortho intramolecular Hbond substituents is 1. The van der Waals surface area contributed by atoms with Crippen molar-refractivity contribution in [3.8, 4) is 5.75 Å². The van der Waals surface area contributed by atoms with Crippen LogP contribution in [0.2, 0.25) is 0 Å². The minimum absolute atomic E-state index is 0.0259. The molecule has 2 N–H and O–H groups in total. The van der Waals surface area contributed by atoms with Gasteiger partial charge in [-0.1, -0.05) is 6.07 Å². The Bertz CT molecular complexity index is 659. The van der Waals surface area contributed by atoms with Gasteiger partial charge in [-0.15, -0.1) is 0 Å². The van der Waals surface area contributed by atoms with Gasteiger partial charge in [0.25, 0.3) is 5.69 Å². The summed E-state index contributed by atoms with van der Waals surface area (Å²) in [5.74, 6) is -0.475. The molecule has 0 bridgehead atoms. The molecule has 0 spiro atoms. The molecule has 0 aromatic heterocycles. The molecule has 0 fully saturated rings. The highest BCUT2D eigenvalue weighted by Gasteiger charge is 2.09. The highest BCUT2D eigenvalue weighted by atomic mass is 19.1. The second kappa shape index (κ2) is 5.56.